The van der Waals surface area contributed by atoms with Crippen molar-refractivity contribution in [1.29, 1.82) is 0 Å². The van der Waals surface area contributed by atoms with Gasteiger partial charge in [0.1, 0.15) is 0 Å². The van der Waals surface area contributed by atoms with E-state index >= 15 is 0 Å². The van der Waals surface area contributed by atoms with Crippen LogP contribution < -0.4 is 10.0 Å². The summed E-state index contributed by atoms with van der Waals surface area (Å²) in [5.74, 6) is -0.719. The summed E-state index contributed by atoms with van der Waals surface area (Å²) in [6.07, 6.45) is 0. The van der Waals surface area contributed by atoms with Crippen LogP contribution in [0.25, 0.3) is 0 Å². The highest BCUT2D eigenvalue weighted by atomic mass is 35.5. The number of nitrogens with one attached hydrogen (secondary N) is 2. The quantitative estimate of drug-likeness (QED) is 0.368. The van der Waals surface area contributed by atoms with Gasteiger partial charge in [-0.3, -0.25) is 19.6 Å². The first-order valence-corrected chi connectivity index (χ1v) is 10.9. The molecule has 3 aromatic rings. The number of hydrogen-bond acceptors (Lipinski definition) is 5. The minimum absolute atomic E-state index is 0.0163. The molecule has 3 aromatic carbocycles. The number of benzene rings is 3. The maximum absolute atomic E-state index is 12.7. The van der Waals surface area contributed by atoms with Crippen LogP contribution in [0.1, 0.15) is 15.9 Å². The van der Waals surface area contributed by atoms with Gasteiger partial charge in [0, 0.05) is 17.8 Å². The van der Waals surface area contributed by atoms with Crippen molar-refractivity contribution < 1.29 is 18.1 Å². The molecule has 0 saturated heterocycles. The molecule has 31 heavy (non-hydrogen) atoms. The number of aryl methyl sites for hydroxylation is 1. The fraction of sp³-hybridized carbons (Fsp3) is 0.0500. The third-order valence-electron chi connectivity index (χ3n) is 4.20. The Morgan fingerprint density at radius 1 is 0.968 bits per heavy atom. The molecule has 3 rings (SSSR count). The first-order chi connectivity index (χ1) is 14.6. The number of anilines is 2. The Hall–Kier alpha value is -3.14. The zero-order valence-electron chi connectivity index (χ0n) is 15.9. The largest absolute Gasteiger partial charge is 0.320 e. The van der Waals surface area contributed by atoms with E-state index in [0.29, 0.717) is 0 Å². The minimum Gasteiger partial charge on any atom is -0.320 e. The van der Waals surface area contributed by atoms with Crippen LogP contribution >= 0.6 is 23.2 Å². The van der Waals surface area contributed by atoms with Crippen LogP contribution in [-0.2, 0) is 10.0 Å². The number of halogens is 2. The van der Waals surface area contributed by atoms with E-state index in [0.717, 1.165) is 11.6 Å². The van der Waals surface area contributed by atoms with Gasteiger partial charge in [0.25, 0.3) is 21.6 Å². The summed E-state index contributed by atoms with van der Waals surface area (Å²) in [5.41, 5.74) is 0.728. The van der Waals surface area contributed by atoms with Gasteiger partial charge in [0.2, 0.25) is 0 Å². The van der Waals surface area contributed by atoms with Crippen molar-refractivity contribution in [2.75, 3.05) is 10.0 Å². The lowest BCUT2D eigenvalue weighted by Gasteiger charge is -2.12. The number of rotatable bonds is 6. The molecule has 2 N–H and O–H groups in total. The average molecular weight is 480 g/mol. The SMILES string of the molecule is Cc1ccc(S(=O)(=O)Nc2ccc(Cl)c(C(=O)Nc3cc([N+](=O)[O-])ccc3Cl)c2)cc1. The molecule has 0 aromatic heterocycles. The van der Waals surface area contributed by atoms with Crippen LogP contribution in [0, 0.1) is 17.0 Å². The Balaban J connectivity index is 1.87. The lowest BCUT2D eigenvalue weighted by Crippen LogP contribution is -2.16. The number of non-ortho nitro benzene ring substituents is 1. The van der Waals surface area contributed by atoms with Crippen LogP contribution in [0.15, 0.2) is 65.6 Å². The van der Waals surface area contributed by atoms with E-state index < -0.39 is 20.9 Å². The molecule has 0 atom stereocenters. The van der Waals surface area contributed by atoms with Gasteiger partial charge in [-0.2, -0.15) is 0 Å². The Bertz CT molecular complexity index is 1280. The summed E-state index contributed by atoms with van der Waals surface area (Å²) in [6, 6.07) is 13.9. The summed E-state index contributed by atoms with van der Waals surface area (Å²) >= 11 is 12.1. The molecule has 0 aliphatic carbocycles. The zero-order valence-corrected chi connectivity index (χ0v) is 18.3. The molecule has 0 fully saturated rings. The van der Waals surface area contributed by atoms with Crippen molar-refractivity contribution in [3.05, 3.63) is 92.0 Å². The van der Waals surface area contributed by atoms with E-state index in [1.54, 1.807) is 12.1 Å². The van der Waals surface area contributed by atoms with Crippen molar-refractivity contribution in [3.63, 3.8) is 0 Å². The summed E-state index contributed by atoms with van der Waals surface area (Å²) < 4.78 is 27.6. The highest BCUT2D eigenvalue weighted by Crippen LogP contribution is 2.29. The molecule has 0 unspecified atom stereocenters. The Kier molecular flexibility index (Phi) is 6.49. The number of sulfonamides is 1. The Morgan fingerprint density at radius 3 is 2.26 bits per heavy atom. The van der Waals surface area contributed by atoms with Gasteiger partial charge in [0.15, 0.2) is 0 Å². The van der Waals surface area contributed by atoms with Gasteiger partial charge in [-0.05, 0) is 43.3 Å². The first kappa shape index (κ1) is 22.5. The van der Waals surface area contributed by atoms with Gasteiger partial charge in [0.05, 0.1) is 31.1 Å². The zero-order chi connectivity index (χ0) is 22.8. The number of carbonyl (C=O) groups is 1. The minimum atomic E-state index is -3.89. The highest BCUT2D eigenvalue weighted by Gasteiger charge is 2.18. The van der Waals surface area contributed by atoms with Crippen LogP contribution in [-0.4, -0.2) is 19.2 Å². The molecule has 0 aliphatic heterocycles. The third kappa shape index (κ3) is 5.32. The maximum Gasteiger partial charge on any atom is 0.271 e. The molecular formula is C20H15Cl2N3O5S. The molecule has 160 valence electrons. The van der Waals surface area contributed by atoms with Gasteiger partial charge in [-0.1, -0.05) is 40.9 Å². The predicted molar refractivity (Wildman–Crippen MR) is 119 cm³/mol. The second kappa shape index (κ2) is 8.93. The van der Waals surface area contributed by atoms with E-state index in [4.69, 9.17) is 23.2 Å². The van der Waals surface area contributed by atoms with Crippen molar-refractivity contribution in [3.8, 4) is 0 Å². The Labute approximate surface area is 188 Å². The molecule has 0 bridgehead atoms. The highest BCUT2D eigenvalue weighted by molar-refractivity contribution is 7.92. The van der Waals surface area contributed by atoms with E-state index in [1.807, 2.05) is 6.92 Å². The van der Waals surface area contributed by atoms with Crippen molar-refractivity contribution >= 4 is 56.2 Å². The van der Waals surface area contributed by atoms with Crippen LogP contribution in [0.2, 0.25) is 10.0 Å². The van der Waals surface area contributed by atoms with Crippen molar-refractivity contribution in [1.82, 2.24) is 0 Å². The summed E-state index contributed by atoms with van der Waals surface area (Å²) in [4.78, 5) is 23.1. The topological polar surface area (TPSA) is 118 Å². The molecule has 0 aliphatic rings. The number of nitro groups is 1. The number of hydrogen-bond donors (Lipinski definition) is 2. The summed E-state index contributed by atoms with van der Waals surface area (Å²) in [5, 5.41) is 13.5. The second-order valence-corrected chi connectivity index (χ2v) is 8.99. The number of nitro benzene ring substituents is 1. The molecule has 0 saturated carbocycles. The first-order valence-electron chi connectivity index (χ1n) is 8.71. The molecule has 0 spiro atoms. The number of carbonyl (C=O) groups excluding carboxylic acids is 1. The lowest BCUT2D eigenvalue weighted by molar-refractivity contribution is -0.384. The molecule has 0 radical (unpaired) electrons. The normalized spacial score (nSPS) is 11.1. The van der Waals surface area contributed by atoms with E-state index in [-0.39, 0.29) is 37.6 Å². The van der Waals surface area contributed by atoms with Gasteiger partial charge < -0.3 is 5.32 Å². The van der Waals surface area contributed by atoms with Crippen LogP contribution in [0.3, 0.4) is 0 Å². The van der Waals surface area contributed by atoms with Crippen molar-refractivity contribution in [2.45, 2.75) is 11.8 Å². The Morgan fingerprint density at radius 2 is 1.61 bits per heavy atom. The maximum atomic E-state index is 12.7. The van der Waals surface area contributed by atoms with Crippen LogP contribution in [0.4, 0.5) is 17.1 Å². The second-order valence-electron chi connectivity index (χ2n) is 6.49. The molecule has 8 nitrogen and oxygen atoms in total. The molecule has 11 heteroatoms. The fourth-order valence-corrected chi connectivity index (χ4v) is 4.02. The molecular weight excluding hydrogens is 465 g/mol. The summed E-state index contributed by atoms with van der Waals surface area (Å²) in [7, 11) is -3.89. The lowest BCUT2D eigenvalue weighted by atomic mass is 10.2. The van der Waals surface area contributed by atoms with E-state index in [2.05, 4.69) is 10.0 Å². The molecule has 0 heterocycles. The van der Waals surface area contributed by atoms with Crippen molar-refractivity contribution in [2.24, 2.45) is 0 Å². The predicted octanol–water partition coefficient (Wildman–Crippen LogP) is 5.26. The van der Waals surface area contributed by atoms with Crippen LogP contribution in [0.5, 0.6) is 0 Å². The smallest absolute Gasteiger partial charge is 0.271 e. The molecule has 1 amide bonds. The van der Waals surface area contributed by atoms with E-state index in [9.17, 15) is 23.3 Å². The van der Waals surface area contributed by atoms with Gasteiger partial charge in [-0.15, -0.1) is 0 Å². The number of amides is 1. The fourth-order valence-electron chi connectivity index (χ4n) is 2.61. The monoisotopic (exact) mass is 479 g/mol. The third-order valence-corrected chi connectivity index (χ3v) is 6.26. The van der Waals surface area contributed by atoms with Gasteiger partial charge in [-0.25, -0.2) is 8.42 Å². The van der Waals surface area contributed by atoms with E-state index in [1.165, 1.54) is 42.5 Å². The average Bonchev–Trinajstić information content (AvgIpc) is 2.71. The summed E-state index contributed by atoms with van der Waals surface area (Å²) in [6.45, 7) is 1.83. The van der Waals surface area contributed by atoms with Gasteiger partial charge >= 0.3 is 0 Å². The number of nitrogens with zero attached hydrogens (tertiary/aromatic N) is 1. The standard InChI is InChI=1S/C20H15Cl2N3O5S/c1-12-2-6-15(7-3-12)31(29,30)24-13-4-8-17(21)16(10-13)20(26)23-19-11-14(25(27)28)5-9-18(19)22/h2-11,24H,1H3,(H,23,26).